The molecule has 0 radical (unpaired) electrons. The summed E-state index contributed by atoms with van der Waals surface area (Å²) in [6, 6.07) is 19.3. The molecule has 3 aromatic rings. The highest BCUT2D eigenvalue weighted by atomic mass is 14.9. The molecule has 1 nitrogen and oxygen atoms in total. The molecule has 98 valence electrons. The molecule has 1 heterocycles. The Hall–Kier alpha value is -2.41. The Morgan fingerprint density at radius 3 is 2.45 bits per heavy atom. The highest BCUT2D eigenvalue weighted by molar-refractivity contribution is 5.85. The third-order valence-electron chi connectivity index (χ3n) is 3.54. The van der Waals surface area contributed by atoms with Crippen molar-refractivity contribution < 1.29 is 4.57 Å². The molecular formula is C19H18N+. The molecule has 0 aliphatic heterocycles. The van der Waals surface area contributed by atoms with Crippen LogP contribution in [0.25, 0.3) is 22.9 Å². The maximum Gasteiger partial charge on any atom is 0.204 e. The first-order valence-corrected chi connectivity index (χ1v) is 6.85. The number of aromatic nitrogens is 1. The molecule has 1 heteroatoms. The van der Waals surface area contributed by atoms with Gasteiger partial charge in [-0.25, -0.2) is 4.57 Å². The monoisotopic (exact) mass is 260 g/mol. The van der Waals surface area contributed by atoms with Crippen LogP contribution in [-0.4, -0.2) is 0 Å². The van der Waals surface area contributed by atoms with Gasteiger partial charge >= 0.3 is 0 Å². The lowest BCUT2D eigenvalue weighted by Crippen LogP contribution is -2.31. The molecule has 0 aliphatic carbocycles. The minimum Gasteiger partial charge on any atom is -0.201 e. The lowest BCUT2D eigenvalue weighted by molar-refractivity contribution is -0.673. The van der Waals surface area contributed by atoms with Crippen molar-refractivity contribution in [3.63, 3.8) is 0 Å². The molecule has 0 aliphatic rings. The summed E-state index contributed by atoms with van der Waals surface area (Å²) in [4.78, 5) is 0. The van der Waals surface area contributed by atoms with Gasteiger partial charge in [-0.15, -0.1) is 0 Å². The van der Waals surface area contributed by atoms with Crippen LogP contribution in [0.2, 0.25) is 0 Å². The molecule has 0 N–H and O–H groups in total. The van der Waals surface area contributed by atoms with Crippen molar-refractivity contribution in [3.8, 4) is 0 Å². The maximum atomic E-state index is 2.22. The highest BCUT2D eigenvalue weighted by Gasteiger charge is 2.01. The van der Waals surface area contributed by atoms with Crippen LogP contribution in [0.3, 0.4) is 0 Å². The first kappa shape index (κ1) is 12.6. The summed E-state index contributed by atoms with van der Waals surface area (Å²) in [5.74, 6) is 0. The van der Waals surface area contributed by atoms with Crippen LogP contribution < -0.4 is 4.57 Å². The van der Waals surface area contributed by atoms with Crippen molar-refractivity contribution in [2.45, 2.75) is 6.92 Å². The Morgan fingerprint density at radius 2 is 1.65 bits per heavy atom. The van der Waals surface area contributed by atoms with E-state index in [4.69, 9.17) is 0 Å². The predicted molar refractivity (Wildman–Crippen MR) is 85.2 cm³/mol. The van der Waals surface area contributed by atoms with Crippen molar-refractivity contribution in [1.82, 2.24) is 0 Å². The van der Waals surface area contributed by atoms with E-state index in [1.807, 2.05) is 0 Å². The van der Waals surface area contributed by atoms with Crippen LogP contribution in [0, 0.1) is 6.92 Å². The van der Waals surface area contributed by atoms with Gasteiger partial charge in [0.25, 0.3) is 0 Å². The molecule has 0 atom stereocenters. The number of aryl methyl sites for hydroxylation is 2. The van der Waals surface area contributed by atoms with E-state index in [1.165, 1.54) is 27.6 Å². The van der Waals surface area contributed by atoms with E-state index in [9.17, 15) is 0 Å². The lowest BCUT2D eigenvalue weighted by Gasteiger charge is -1.99. The van der Waals surface area contributed by atoms with Gasteiger partial charge in [-0.05, 0) is 41.5 Å². The molecule has 0 unspecified atom stereocenters. The van der Waals surface area contributed by atoms with Crippen LogP contribution in [0.4, 0.5) is 0 Å². The second-order valence-corrected chi connectivity index (χ2v) is 5.18. The second-order valence-electron chi connectivity index (χ2n) is 5.18. The van der Waals surface area contributed by atoms with Gasteiger partial charge in [0.1, 0.15) is 7.05 Å². The number of fused-ring (bicyclic) bond motifs is 1. The van der Waals surface area contributed by atoms with Crippen LogP contribution in [0.1, 0.15) is 16.8 Å². The van der Waals surface area contributed by atoms with Crippen LogP contribution in [0.15, 0.2) is 60.8 Å². The summed E-state index contributed by atoms with van der Waals surface area (Å²) in [5.41, 5.74) is 3.70. The van der Waals surface area contributed by atoms with Gasteiger partial charge in [-0.2, -0.15) is 0 Å². The summed E-state index contributed by atoms with van der Waals surface area (Å²) in [5, 5.41) is 2.56. The van der Waals surface area contributed by atoms with E-state index in [2.05, 4.69) is 91.5 Å². The zero-order valence-electron chi connectivity index (χ0n) is 11.9. The Morgan fingerprint density at radius 1 is 0.850 bits per heavy atom. The van der Waals surface area contributed by atoms with Crippen molar-refractivity contribution in [2.75, 3.05) is 0 Å². The first-order chi connectivity index (χ1) is 9.72. The van der Waals surface area contributed by atoms with Crippen molar-refractivity contribution in [2.24, 2.45) is 7.05 Å². The predicted octanol–water partition coefficient (Wildman–Crippen LogP) is 4.14. The fraction of sp³-hybridized carbons (Fsp3) is 0.105. The molecule has 0 spiro atoms. The molecular weight excluding hydrogens is 242 g/mol. The van der Waals surface area contributed by atoms with E-state index in [1.54, 1.807) is 0 Å². The first-order valence-electron chi connectivity index (χ1n) is 6.85. The Kier molecular flexibility index (Phi) is 3.34. The SMILES string of the molecule is Cc1ccc(/C=C/c2ccc3ccccc3c2)[n+](C)c1. The zero-order chi connectivity index (χ0) is 13.9. The average Bonchev–Trinajstić information content (AvgIpc) is 2.46. The van der Waals surface area contributed by atoms with Crippen molar-refractivity contribution in [1.29, 1.82) is 0 Å². The molecule has 20 heavy (non-hydrogen) atoms. The minimum atomic E-state index is 1.20. The molecule has 1 aromatic heterocycles. The third kappa shape index (κ3) is 2.62. The third-order valence-corrected chi connectivity index (χ3v) is 3.54. The molecule has 0 amide bonds. The van der Waals surface area contributed by atoms with E-state index < -0.39 is 0 Å². The van der Waals surface area contributed by atoms with Crippen LogP contribution in [-0.2, 0) is 7.05 Å². The summed E-state index contributed by atoms with van der Waals surface area (Å²) >= 11 is 0. The van der Waals surface area contributed by atoms with Gasteiger partial charge in [0, 0.05) is 17.7 Å². The number of pyridine rings is 1. The maximum absolute atomic E-state index is 2.22. The smallest absolute Gasteiger partial charge is 0.201 e. The van der Waals surface area contributed by atoms with Gasteiger partial charge in [0.15, 0.2) is 6.20 Å². The Balaban J connectivity index is 1.93. The van der Waals surface area contributed by atoms with E-state index in [0.717, 1.165) is 0 Å². The largest absolute Gasteiger partial charge is 0.204 e. The second kappa shape index (κ2) is 5.30. The summed E-state index contributed by atoms with van der Waals surface area (Å²) < 4.78 is 2.15. The van der Waals surface area contributed by atoms with Crippen molar-refractivity contribution in [3.05, 3.63) is 77.6 Å². The average molecular weight is 260 g/mol. The van der Waals surface area contributed by atoms with Crippen molar-refractivity contribution >= 4 is 22.9 Å². The quantitative estimate of drug-likeness (QED) is 0.610. The van der Waals surface area contributed by atoms with E-state index >= 15 is 0 Å². The molecule has 3 rings (SSSR count). The molecule has 0 bridgehead atoms. The summed E-state index contributed by atoms with van der Waals surface area (Å²) in [7, 11) is 2.08. The molecule has 0 saturated heterocycles. The Labute approximate surface area is 119 Å². The summed E-state index contributed by atoms with van der Waals surface area (Å²) in [6.45, 7) is 2.11. The van der Waals surface area contributed by atoms with Gasteiger partial charge in [0.05, 0.1) is 0 Å². The minimum absolute atomic E-state index is 1.20. The van der Waals surface area contributed by atoms with Gasteiger partial charge in [-0.1, -0.05) is 36.4 Å². The number of rotatable bonds is 2. The highest BCUT2D eigenvalue weighted by Crippen LogP contribution is 2.17. The summed E-state index contributed by atoms with van der Waals surface area (Å²) in [6.07, 6.45) is 6.46. The van der Waals surface area contributed by atoms with E-state index in [0.29, 0.717) is 0 Å². The van der Waals surface area contributed by atoms with Gasteiger partial charge < -0.3 is 0 Å². The van der Waals surface area contributed by atoms with Gasteiger partial charge in [-0.3, -0.25) is 0 Å². The zero-order valence-corrected chi connectivity index (χ0v) is 11.9. The van der Waals surface area contributed by atoms with Gasteiger partial charge in [0.2, 0.25) is 5.69 Å². The number of nitrogens with zero attached hydrogens (tertiary/aromatic N) is 1. The van der Waals surface area contributed by atoms with E-state index in [-0.39, 0.29) is 0 Å². The standard InChI is InChI=1S/C19H18N/c1-15-7-11-19(20(2)14-15)12-9-16-8-10-17-5-3-4-6-18(17)13-16/h3-14H,1-2H3/q+1/b12-9+. The van der Waals surface area contributed by atoms with Crippen LogP contribution >= 0.6 is 0 Å². The normalized spacial score (nSPS) is 11.3. The van der Waals surface area contributed by atoms with Crippen LogP contribution in [0.5, 0.6) is 0 Å². The number of hydrogen-bond acceptors (Lipinski definition) is 0. The lowest BCUT2D eigenvalue weighted by atomic mass is 10.1. The Bertz CT molecular complexity index is 785. The fourth-order valence-corrected chi connectivity index (χ4v) is 2.42. The topological polar surface area (TPSA) is 3.88 Å². The molecule has 0 saturated carbocycles. The molecule has 2 aromatic carbocycles. The fourth-order valence-electron chi connectivity index (χ4n) is 2.42. The number of benzene rings is 2. The number of hydrogen-bond donors (Lipinski definition) is 0. The molecule has 0 fully saturated rings.